The molecular weight excluding hydrogens is 746 g/mol. The summed E-state index contributed by atoms with van der Waals surface area (Å²) < 4.78 is 33.5. The largest absolute Gasteiger partial charge is 0.472 e. The van der Waals surface area contributed by atoms with E-state index in [0.29, 0.717) is 13.0 Å². The molecule has 2 unspecified atom stereocenters. The molecule has 0 aromatic rings. The standard InChI is InChI=1S/C49H84NO7P/c1-3-5-7-9-11-13-15-17-19-21-23-24-25-26-28-30-32-34-36-38-40-42-49(51)57-48(47-56-58(52,53)55-45-43-50)46-54-44-41-39-37-35-33-31-29-27-22-20-18-16-14-12-10-8-6-4-2/h5-8,11-14,17-20,23-24,27,29,48H,3-4,9-10,15-16,21-22,25-26,28,30-47,50H2,1-2H3,(H,52,53)/b7-5-,8-6-,13-11-,14-12-,19-17-,20-18-,24-23-,29-27-. The summed E-state index contributed by atoms with van der Waals surface area (Å²) in [5, 5.41) is 0. The molecule has 3 N–H and O–H groups in total. The van der Waals surface area contributed by atoms with Crippen molar-refractivity contribution in [2.75, 3.05) is 33.0 Å². The predicted molar refractivity (Wildman–Crippen MR) is 247 cm³/mol. The zero-order valence-corrected chi connectivity index (χ0v) is 37.6. The molecule has 9 heteroatoms. The van der Waals surface area contributed by atoms with Crippen molar-refractivity contribution >= 4 is 13.8 Å². The summed E-state index contributed by atoms with van der Waals surface area (Å²) in [7, 11) is -4.29. The fraction of sp³-hybridized carbons (Fsp3) is 0.653. The summed E-state index contributed by atoms with van der Waals surface area (Å²) in [4.78, 5) is 22.5. The normalized spacial score (nSPS) is 14.3. The van der Waals surface area contributed by atoms with Crippen molar-refractivity contribution in [3.05, 3.63) is 97.2 Å². The Morgan fingerprint density at radius 3 is 1.36 bits per heavy atom. The second-order valence-corrected chi connectivity index (χ2v) is 16.0. The minimum absolute atomic E-state index is 0.0898. The van der Waals surface area contributed by atoms with Crippen LogP contribution in [0.4, 0.5) is 0 Å². The molecule has 0 saturated heterocycles. The fourth-order valence-electron chi connectivity index (χ4n) is 5.74. The van der Waals surface area contributed by atoms with Crippen molar-refractivity contribution < 1.29 is 32.8 Å². The van der Waals surface area contributed by atoms with Crippen molar-refractivity contribution in [2.24, 2.45) is 5.73 Å². The quantitative estimate of drug-likeness (QED) is 0.0270. The highest BCUT2D eigenvalue weighted by Crippen LogP contribution is 2.43. The van der Waals surface area contributed by atoms with Gasteiger partial charge < -0.3 is 20.1 Å². The minimum Gasteiger partial charge on any atom is -0.457 e. The van der Waals surface area contributed by atoms with E-state index in [1.165, 1.54) is 44.9 Å². The molecule has 0 aromatic heterocycles. The van der Waals surface area contributed by atoms with E-state index in [4.69, 9.17) is 24.3 Å². The minimum atomic E-state index is -4.29. The van der Waals surface area contributed by atoms with Gasteiger partial charge in [0, 0.05) is 19.6 Å². The maximum absolute atomic E-state index is 12.6. The summed E-state index contributed by atoms with van der Waals surface area (Å²) in [5.41, 5.74) is 5.37. The van der Waals surface area contributed by atoms with Crippen LogP contribution in [0.3, 0.4) is 0 Å². The van der Waals surface area contributed by atoms with E-state index in [9.17, 15) is 14.3 Å². The van der Waals surface area contributed by atoms with E-state index in [1.807, 2.05) is 0 Å². The van der Waals surface area contributed by atoms with Gasteiger partial charge >= 0.3 is 13.8 Å². The maximum atomic E-state index is 12.6. The van der Waals surface area contributed by atoms with Crippen molar-refractivity contribution in [3.8, 4) is 0 Å². The molecule has 0 bridgehead atoms. The number of ether oxygens (including phenoxy) is 2. The lowest BCUT2D eigenvalue weighted by Crippen LogP contribution is -2.28. The van der Waals surface area contributed by atoms with Gasteiger partial charge in [0.05, 0.1) is 19.8 Å². The van der Waals surface area contributed by atoms with Crippen molar-refractivity contribution in [1.29, 1.82) is 0 Å². The Bertz CT molecular complexity index is 1200. The predicted octanol–water partition coefficient (Wildman–Crippen LogP) is 13.9. The average molecular weight is 830 g/mol. The second kappa shape index (κ2) is 45.5. The zero-order chi connectivity index (χ0) is 42.3. The topological polar surface area (TPSA) is 117 Å². The number of esters is 1. The lowest BCUT2D eigenvalue weighted by Gasteiger charge is -2.20. The maximum Gasteiger partial charge on any atom is 0.472 e. The molecule has 0 fully saturated rings. The lowest BCUT2D eigenvalue weighted by molar-refractivity contribution is -0.154. The number of hydrogen-bond donors (Lipinski definition) is 2. The SMILES string of the molecule is CC/C=C\C/C=C\C/C=C\C/C=C\CCCCCCCCCCC(=O)OC(COCCCCCCC/C=C\C/C=C\C/C=C\C/C=C\CC)COP(=O)(O)OCCN. The van der Waals surface area contributed by atoms with Gasteiger partial charge in [0.25, 0.3) is 0 Å². The van der Waals surface area contributed by atoms with Crippen LogP contribution in [-0.2, 0) is 27.9 Å². The molecule has 332 valence electrons. The first-order valence-electron chi connectivity index (χ1n) is 22.7. The molecule has 0 aliphatic heterocycles. The van der Waals surface area contributed by atoms with Crippen LogP contribution in [0.1, 0.15) is 168 Å². The summed E-state index contributed by atoms with van der Waals surface area (Å²) >= 11 is 0. The molecule has 0 aliphatic rings. The summed E-state index contributed by atoms with van der Waals surface area (Å²) in [5.74, 6) is -0.350. The van der Waals surface area contributed by atoms with Crippen molar-refractivity contribution in [1.82, 2.24) is 0 Å². The Hall–Kier alpha value is -2.58. The van der Waals surface area contributed by atoms with E-state index in [-0.39, 0.29) is 32.3 Å². The zero-order valence-electron chi connectivity index (χ0n) is 36.7. The highest BCUT2D eigenvalue weighted by Gasteiger charge is 2.25. The number of nitrogens with two attached hydrogens (primary N) is 1. The van der Waals surface area contributed by atoms with E-state index in [0.717, 1.165) is 103 Å². The van der Waals surface area contributed by atoms with Gasteiger partial charge in [-0.1, -0.05) is 169 Å². The van der Waals surface area contributed by atoms with Crippen LogP contribution in [-0.4, -0.2) is 49.9 Å². The first-order chi connectivity index (χ1) is 28.4. The van der Waals surface area contributed by atoms with Gasteiger partial charge in [-0.25, -0.2) is 4.57 Å². The summed E-state index contributed by atoms with van der Waals surface area (Å²) in [6, 6.07) is 0. The molecule has 0 aromatic carbocycles. The Morgan fingerprint density at radius 1 is 0.517 bits per heavy atom. The number of carbonyl (C=O) groups is 1. The molecular formula is C49H84NO7P. The van der Waals surface area contributed by atoms with Gasteiger partial charge in [0.1, 0.15) is 6.10 Å². The number of unbranched alkanes of at least 4 members (excludes halogenated alkanes) is 13. The smallest absolute Gasteiger partial charge is 0.457 e. The van der Waals surface area contributed by atoms with Crippen LogP contribution in [0, 0.1) is 0 Å². The highest BCUT2D eigenvalue weighted by atomic mass is 31.2. The van der Waals surface area contributed by atoms with Crippen molar-refractivity contribution in [3.63, 3.8) is 0 Å². The fourth-order valence-corrected chi connectivity index (χ4v) is 6.51. The van der Waals surface area contributed by atoms with E-state index >= 15 is 0 Å². The van der Waals surface area contributed by atoms with E-state index in [1.54, 1.807) is 0 Å². The Morgan fingerprint density at radius 2 is 0.914 bits per heavy atom. The second-order valence-electron chi connectivity index (χ2n) is 14.5. The average Bonchev–Trinajstić information content (AvgIpc) is 3.21. The highest BCUT2D eigenvalue weighted by molar-refractivity contribution is 7.47. The Labute approximate surface area is 355 Å². The molecule has 0 aliphatic carbocycles. The van der Waals surface area contributed by atoms with Crippen LogP contribution >= 0.6 is 7.82 Å². The number of allylic oxidation sites excluding steroid dienone is 16. The van der Waals surface area contributed by atoms with Crippen LogP contribution < -0.4 is 5.73 Å². The van der Waals surface area contributed by atoms with Gasteiger partial charge in [0.15, 0.2) is 0 Å². The number of carbonyl (C=O) groups excluding carboxylic acids is 1. The molecule has 0 spiro atoms. The molecule has 0 amide bonds. The van der Waals surface area contributed by atoms with Gasteiger partial charge in [-0.3, -0.25) is 13.8 Å². The van der Waals surface area contributed by atoms with Gasteiger partial charge in [0.2, 0.25) is 0 Å². The van der Waals surface area contributed by atoms with Crippen LogP contribution in [0.5, 0.6) is 0 Å². The first-order valence-corrected chi connectivity index (χ1v) is 24.2. The Kier molecular flexibility index (Phi) is 43.5. The molecule has 0 radical (unpaired) electrons. The van der Waals surface area contributed by atoms with Crippen LogP contribution in [0.15, 0.2) is 97.2 Å². The molecule has 0 rings (SSSR count). The third kappa shape index (κ3) is 44.5. The number of phosphoric acid groups is 1. The molecule has 58 heavy (non-hydrogen) atoms. The number of phosphoric ester groups is 1. The third-order valence-electron chi connectivity index (χ3n) is 9.00. The molecule has 0 saturated carbocycles. The first kappa shape index (κ1) is 55.4. The monoisotopic (exact) mass is 830 g/mol. The van der Waals surface area contributed by atoms with Gasteiger partial charge in [-0.2, -0.15) is 0 Å². The van der Waals surface area contributed by atoms with Crippen LogP contribution in [0.2, 0.25) is 0 Å². The Balaban J connectivity index is 4.08. The van der Waals surface area contributed by atoms with E-state index in [2.05, 4.69) is 111 Å². The summed E-state index contributed by atoms with van der Waals surface area (Å²) in [6.45, 7) is 4.62. The molecule has 8 nitrogen and oxygen atoms in total. The van der Waals surface area contributed by atoms with Gasteiger partial charge in [-0.15, -0.1) is 0 Å². The number of hydrogen-bond acceptors (Lipinski definition) is 7. The van der Waals surface area contributed by atoms with Crippen molar-refractivity contribution in [2.45, 2.75) is 174 Å². The molecule has 2 atom stereocenters. The lowest BCUT2D eigenvalue weighted by atomic mass is 10.1. The molecule has 0 heterocycles. The van der Waals surface area contributed by atoms with Gasteiger partial charge in [-0.05, 0) is 89.9 Å². The van der Waals surface area contributed by atoms with E-state index < -0.39 is 13.9 Å². The summed E-state index contributed by atoms with van der Waals surface area (Å²) in [6.07, 6.45) is 60.0. The third-order valence-corrected chi connectivity index (χ3v) is 9.98. The van der Waals surface area contributed by atoms with Crippen LogP contribution in [0.25, 0.3) is 0 Å². The number of rotatable bonds is 42.